The molecule has 0 aliphatic heterocycles. The van der Waals surface area contributed by atoms with E-state index in [0.717, 1.165) is 22.3 Å². The highest BCUT2D eigenvalue weighted by Crippen LogP contribution is 2.20. The van der Waals surface area contributed by atoms with Crippen LogP contribution >= 0.6 is 0 Å². The van der Waals surface area contributed by atoms with Crippen LogP contribution in [0.2, 0.25) is 0 Å². The van der Waals surface area contributed by atoms with E-state index in [1.54, 1.807) is 12.1 Å². The van der Waals surface area contributed by atoms with Gasteiger partial charge in [0, 0.05) is 5.69 Å². The maximum Gasteiger partial charge on any atom is 0.344 e. The fourth-order valence-electron chi connectivity index (χ4n) is 2.48. The molecule has 0 aliphatic rings. The van der Waals surface area contributed by atoms with Crippen molar-refractivity contribution in [2.75, 3.05) is 18.5 Å². The Hall–Kier alpha value is -3.35. The van der Waals surface area contributed by atoms with Crippen LogP contribution in [-0.4, -0.2) is 31.1 Å². The summed E-state index contributed by atoms with van der Waals surface area (Å²) in [4.78, 5) is 35.4. The number of amides is 3. The van der Waals surface area contributed by atoms with Crippen molar-refractivity contribution in [3.8, 4) is 5.75 Å². The lowest BCUT2D eigenvalue weighted by molar-refractivity contribution is -0.150. The molecule has 0 spiro atoms. The van der Waals surface area contributed by atoms with E-state index in [4.69, 9.17) is 9.47 Å². The summed E-state index contributed by atoms with van der Waals surface area (Å²) in [6.45, 7) is 6.72. The maximum atomic E-state index is 11.9. The predicted octanol–water partition coefficient (Wildman–Crippen LogP) is 3.19. The number of imide groups is 1. The van der Waals surface area contributed by atoms with Crippen LogP contribution in [0.5, 0.6) is 5.75 Å². The molecule has 0 unspecified atom stereocenters. The number of urea groups is 1. The molecule has 3 amide bonds. The summed E-state index contributed by atoms with van der Waals surface area (Å²) in [5.41, 5.74) is 4.50. The lowest BCUT2D eigenvalue weighted by atomic mass is 10.1. The quantitative estimate of drug-likeness (QED) is 0.746. The Morgan fingerprint density at radius 3 is 2.39 bits per heavy atom. The summed E-state index contributed by atoms with van der Waals surface area (Å²) in [5.74, 6) is -0.859. The highest BCUT2D eigenvalue weighted by molar-refractivity contribution is 6.02. The third-order valence-electron chi connectivity index (χ3n) is 4.15. The van der Waals surface area contributed by atoms with Gasteiger partial charge in [-0.05, 0) is 56.5 Å². The van der Waals surface area contributed by atoms with Crippen molar-refractivity contribution in [2.24, 2.45) is 0 Å². The lowest BCUT2D eigenvalue weighted by Crippen LogP contribution is -2.37. The van der Waals surface area contributed by atoms with Gasteiger partial charge in [0.15, 0.2) is 13.2 Å². The number of anilines is 1. The molecule has 2 aromatic carbocycles. The zero-order chi connectivity index (χ0) is 20.7. The number of hydrogen-bond acceptors (Lipinski definition) is 5. The van der Waals surface area contributed by atoms with E-state index in [-0.39, 0.29) is 6.61 Å². The van der Waals surface area contributed by atoms with Gasteiger partial charge in [0.1, 0.15) is 5.75 Å². The van der Waals surface area contributed by atoms with Crippen molar-refractivity contribution >= 4 is 23.6 Å². The van der Waals surface area contributed by atoms with E-state index in [2.05, 4.69) is 10.6 Å². The smallest absolute Gasteiger partial charge is 0.344 e. The molecule has 0 bridgehead atoms. The first kappa shape index (κ1) is 21.0. The van der Waals surface area contributed by atoms with Crippen molar-refractivity contribution in [1.29, 1.82) is 0 Å². The number of carbonyl (C=O) groups excluding carboxylic acids is 3. The van der Waals surface area contributed by atoms with Gasteiger partial charge in [-0.15, -0.1) is 0 Å². The van der Waals surface area contributed by atoms with Gasteiger partial charge < -0.3 is 14.8 Å². The minimum atomic E-state index is -0.734. The molecular weight excluding hydrogens is 360 g/mol. The van der Waals surface area contributed by atoms with E-state index < -0.39 is 24.5 Å². The predicted molar refractivity (Wildman–Crippen MR) is 105 cm³/mol. The fourth-order valence-corrected chi connectivity index (χ4v) is 2.48. The van der Waals surface area contributed by atoms with Crippen molar-refractivity contribution in [2.45, 2.75) is 27.7 Å². The number of aryl methyl sites for hydroxylation is 3. The number of hydrogen-bond donors (Lipinski definition) is 2. The van der Waals surface area contributed by atoms with E-state index in [9.17, 15) is 14.4 Å². The minimum Gasteiger partial charge on any atom is -0.482 e. The number of nitrogens with one attached hydrogen (secondary N) is 2. The standard InChI is InChI=1S/C21H24N2O5/c1-13-8-9-17(15(3)10-13)22-21(26)23-19(24)11-28-20(25)12-27-18-7-5-6-14(2)16(18)4/h5-10H,11-12H2,1-4H3,(H2,22,23,24,26). The van der Waals surface area contributed by atoms with Gasteiger partial charge in [0.2, 0.25) is 0 Å². The number of ether oxygens (including phenoxy) is 2. The molecule has 0 fully saturated rings. The molecule has 0 heterocycles. The zero-order valence-corrected chi connectivity index (χ0v) is 16.4. The monoisotopic (exact) mass is 384 g/mol. The molecule has 0 aliphatic carbocycles. The number of esters is 1. The van der Waals surface area contributed by atoms with Crippen molar-refractivity contribution < 1.29 is 23.9 Å². The van der Waals surface area contributed by atoms with Crippen LogP contribution in [-0.2, 0) is 14.3 Å². The van der Waals surface area contributed by atoms with Gasteiger partial charge in [0.25, 0.3) is 5.91 Å². The zero-order valence-electron chi connectivity index (χ0n) is 16.4. The van der Waals surface area contributed by atoms with Crippen molar-refractivity contribution in [1.82, 2.24) is 5.32 Å². The number of rotatable bonds is 6. The molecule has 2 aromatic rings. The molecule has 7 nitrogen and oxygen atoms in total. The van der Waals surface area contributed by atoms with Crippen molar-refractivity contribution in [3.05, 3.63) is 58.7 Å². The lowest BCUT2D eigenvalue weighted by Gasteiger charge is -2.11. The topological polar surface area (TPSA) is 93.7 Å². The number of benzene rings is 2. The average molecular weight is 384 g/mol. The Labute approximate surface area is 164 Å². The number of carbonyl (C=O) groups is 3. The molecule has 28 heavy (non-hydrogen) atoms. The van der Waals surface area contributed by atoms with E-state index >= 15 is 0 Å². The Balaban J connectivity index is 1.74. The first-order valence-electron chi connectivity index (χ1n) is 8.79. The van der Waals surface area contributed by atoms with Gasteiger partial charge in [-0.1, -0.05) is 29.8 Å². The van der Waals surface area contributed by atoms with Crippen LogP contribution in [0.3, 0.4) is 0 Å². The van der Waals surface area contributed by atoms with E-state index in [1.165, 1.54) is 0 Å². The van der Waals surface area contributed by atoms with Crippen LogP contribution in [0.15, 0.2) is 36.4 Å². The Bertz CT molecular complexity index is 892. The summed E-state index contributed by atoms with van der Waals surface area (Å²) >= 11 is 0. The molecule has 0 radical (unpaired) electrons. The summed E-state index contributed by atoms with van der Waals surface area (Å²) in [7, 11) is 0. The molecule has 0 aromatic heterocycles. The summed E-state index contributed by atoms with van der Waals surface area (Å²) in [5, 5.41) is 4.69. The molecule has 7 heteroatoms. The van der Waals surface area contributed by atoms with Crippen LogP contribution in [0, 0.1) is 27.7 Å². The average Bonchev–Trinajstić information content (AvgIpc) is 2.63. The summed E-state index contributed by atoms with van der Waals surface area (Å²) < 4.78 is 10.2. The summed E-state index contributed by atoms with van der Waals surface area (Å²) in [6, 6.07) is 10.3. The highest BCUT2D eigenvalue weighted by Gasteiger charge is 2.13. The first-order valence-corrected chi connectivity index (χ1v) is 8.79. The van der Waals surface area contributed by atoms with E-state index in [1.807, 2.05) is 52.0 Å². The molecule has 0 atom stereocenters. The third-order valence-corrected chi connectivity index (χ3v) is 4.15. The molecule has 0 saturated carbocycles. The van der Waals surface area contributed by atoms with Crippen LogP contribution in [0.1, 0.15) is 22.3 Å². The van der Waals surface area contributed by atoms with Gasteiger partial charge in [-0.2, -0.15) is 0 Å². The van der Waals surface area contributed by atoms with Crippen LogP contribution in [0.25, 0.3) is 0 Å². The van der Waals surface area contributed by atoms with Crippen molar-refractivity contribution in [3.63, 3.8) is 0 Å². The molecule has 0 saturated heterocycles. The maximum absolute atomic E-state index is 11.9. The highest BCUT2D eigenvalue weighted by atomic mass is 16.6. The van der Waals surface area contributed by atoms with Crippen LogP contribution < -0.4 is 15.4 Å². The Kier molecular flexibility index (Phi) is 7.14. The second-order valence-electron chi connectivity index (χ2n) is 6.47. The Morgan fingerprint density at radius 2 is 1.68 bits per heavy atom. The SMILES string of the molecule is Cc1ccc(NC(=O)NC(=O)COC(=O)COc2cccc(C)c2C)c(C)c1. The molecular formula is C21H24N2O5. The van der Waals surface area contributed by atoms with Gasteiger partial charge in [-0.3, -0.25) is 10.1 Å². The van der Waals surface area contributed by atoms with Crippen LogP contribution in [0.4, 0.5) is 10.5 Å². The normalized spacial score (nSPS) is 10.1. The summed E-state index contributed by atoms with van der Waals surface area (Å²) in [6.07, 6.45) is 0. The first-order chi connectivity index (χ1) is 13.3. The molecule has 2 rings (SSSR count). The van der Waals surface area contributed by atoms with Gasteiger partial charge in [0.05, 0.1) is 0 Å². The third kappa shape index (κ3) is 6.12. The molecule has 148 valence electrons. The molecule has 2 N–H and O–H groups in total. The Morgan fingerprint density at radius 1 is 0.929 bits per heavy atom. The second kappa shape index (κ2) is 9.55. The second-order valence-corrected chi connectivity index (χ2v) is 6.47. The van der Waals surface area contributed by atoms with Gasteiger partial charge in [-0.25, -0.2) is 9.59 Å². The fraction of sp³-hybridized carbons (Fsp3) is 0.286. The minimum absolute atomic E-state index is 0.327. The largest absolute Gasteiger partial charge is 0.482 e. The van der Waals surface area contributed by atoms with Gasteiger partial charge >= 0.3 is 12.0 Å². The van der Waals surface area contributed by atoms with E-state index in [0.29, 0.717) is 11.4 Å².